The summed E-state index contributed by atoms with van der Waals surface area (Å²) < 4.78 is 0. The Morgan fingerprint density at radius 3 is 2.11 bits per heavy atom. The number of hydrogen-bond acceptors (Lipinski definition) is 1. The van der Waals surface area contributed by atoms with E-state index in [9.17, 15) is 0 Å². The maximum absolute atomic E-state index is 5.50. The molecule has 0 saturated carbocycles. The van der Waals surface area contributed by atoms with Crippen molar-refractivity contribution in [3.05, 3.63) is 78.6 Å². The second-order valence-corrected chi connectivity index (χ2v) is 4.24. The van der Waals surface area contributed by atoms with Gasteiger partial charge in [0.05, 0.1) is 7.85 Å². The van der Waals surface area contributed by atoms with Gasteiger partial charge in [-0.1, -0.05) is 54.9 Å². The molecule has 0 unspecified atom stereocenters. The summed E-state index contributed by atoms with van der Waals surface area (Å²) in [6, 6.07) is 20.6. The van der Waals surface area contributed by atoms with Gasteiger partial charge < -0.3 is 0 Å². The summed E-state index contributed by atoms with van der Waals surface area (Å²) in [5.41, 5.74) is 1.32. The van der Waals surface area contributed by atoms with Gasteiger partial charge in [-0.3, -0.25) is 4.98 Å². The van der Waals surface area contributed by atoms with E-state index in [0.29, 0.717) is 0 Å². The van der Waals surface area contributed by atoms with Gasteiger partial charge in [0.25, 0.3) is 0 Å². The summed E-state index contributed by atoms with van der Waals surface area (Å²) in [6.07, 6.45) is 5.18. The van der Waals surface area contributed by atoms with Crippen LogP contribution < -0.4 is 0 Å². The molecule has 0 amide bonds. The van der Waals surface area contributed by atoms with Crippen LogP contribution in [-0.2, 0) is 6.42 Å². The molecule has 19 heavy (non-hydrogen) atoms. The minimum absolute atomic E-state index is 0.721. The van der Waals surface area contributed by atoms with Crippen LogP contribution in [0.5, 0.6) is 0 Å². The summed E-state index contributed by atoms with van der Waals surface area (Å²) in [5.74, 6) is 0. The smallest absolute Gasteiger partial charge is 0.0657 e. The Bertz CT molecular complexity index is 581. The van der Waals surface area contributed by atoms with E-state index >= 15 is 0 Å². The Labute approximate surface area is 115 Å². The SMILES string of the molecule is [B]CCc1ccc2ccccc2c1.c1ccncc1. The number of aryl methyl sites for hydroxylation is 1. The second kappa shape index (κ2) is 7.37. The largest absolute Gasteiger partial charge is 0.265 e. The Morgan fingerprint density at radius 1 is 0.789 bits per heavy atom. The van der Waals surface area contributed by atoms with E-state index in [2.05, 4.69) is 47.4 Å². The van der Waals surface area contributed by atoms with Crippen molar-refractivity contribution in [3.8, 4) is 0 Å². The lowest BCUT2D eigenvalue weighted by Gasteiger charge is -2.01. The van der Waals surface area contributed by atoms with Crippen molar-refractivity contribution in [2.24, 2.45) is 0 Å². The van der Waals surface area contributed by atoms with Crippen molar-refractivity contribution >= 4 is 18.6 Å². The predicted octanol–water partition coefficient (Wildman–Crippen LogP) is 4.05. The van der Waals surface area contributed by atoms with Crippen molar-refractivity contribution in [1.29, 1.82) is 0 Å². The van der Waals surface area contributed by atoms with Gasteiger partial charge in [-0.15, -0.1) is 0 Å². The molecular formula is C17H16BN. The Kier molecular flexibility index (Phi) is 5.18. The Hall–Kier alpha value is -2.09. The van der Waals surface area contributed by atoms with Gasteiger partial charge in [-0.05, 0) is 34.9 Å². The van der Waals surface area contributed by atoms with E-state index in [0.717, 1.165) is 12.7 Å². The van der Waals surface area contributed by atoms with E-state index in [-0.39, 0.29) is 0 Å². The van der Waals surface area contributed by atoms with Crippen molar-refractivity contribution in [2.45, 2.75) is 12.7 Å². The number of pyridine rings is 1. The van der Waals surface area contributed by atoms with E-state index in [1.165, 1.54) is 16.3 Å². The fourth-order valence-corrected chi connectivity index (χ4v) is 1.87. The van der Waals surface area contributed by atoms with Gasteiger partial charge in [0.1, 0.15) is 0 Å². The molecule has 1 nitrogen and oxygen atoms in total. The molecule has 0 bridgehead atoms. The molecule has 0 saturated heterocycles. The molecule has 3 rings (SSSR count). The second-order valence-electron chi connectivity index (χ2n) is 4.24. The van der Waals surface area contributed by atoms with Crippen LogP contribution in [0.3, 0.4) is 0 Å². The third kappa shape index (κ3) is 4.25. The highest BCUT2D eigenvalue weighted by Crippen LogP contribution is 2.16. The fourth-order valence-electron chi connectivity index (χ4n) is 1.87. The first-order chi connectivity index (χ1) is 9.40. The predicted molar refractivity (Wildman–Crippen MR) is 82.5 cm³/mol. The summed E-state index contributed by atoms with van der Waals surface area (Å²) in [4.78, 5) is 3.78. The molecule has 1 aromatic heterocycles. The van der Waals surface area contributed by atoms with Crippen LogP contribution in [0, 0.1) is 0 Å². The molecule has 2 heteroatoms. The quantitative estimate of drug-likeness (QED) is 0.620. The molecule has 0 aliphatic heterocycles. The van der Waals surface area contributed by atoms with Gasteiger partial charge in [0.2, 0.25) is 0 Å². The van der Waals surface area contributed by atoms with Crippen LogP contribution in [0.25, 0.3) is 10.8 Å². The maximum atomic E-state index is 5.50. The minimum atomic E-state index is 0.721. The lowest BCUT2D eigenvalue weighted by Crippen LogP contribution is -1.83. The lowest BCUT2D eigenvalue weighted by atomic mass is 9.96. The van der Waals surface area contributed by atoms with Crippen molar-refractivity contribution in [1.82, 2.24) is 4.98 Å². The number of rotatable bonds is 2. The zero-order chi connectivity index (χ0) is 13.3. The highest BCUT2D eigenvalue weighted by Gasteiger charge is 1.93. The third-order valence-electron chi connectivity index (χ3n) is 2.81. The summed E-state index contributed by atoms with van der Waals surface area (Å²) >= 11 is 0. The molecule has 92 valence electrons. The molecule has 3 aromatic rings. The first kappa shape index (κ1) is 13.3. The molecule has 1 heterocycles. The fraction of sp³-hybridized carbons (Fsp3) is 0.118. The first-order valence-corrected chi connectivity index (χ1v) is 6.43. The molecule has 0 aliphatic carbocycles. The summed E-state index contributed by atoms with van der Waals surface area (Å²) in [7, 11) is 5.50. The number of aromatic nitrogens is 1. The first-order valence-electron chi connectivity index (χ1n) is 6.43. The molecule has 0 aliphatic rings. The van der Waals surface area contributed by atoms with E-state index in [1.54, 1.807) is 12.4 Å². The molecule has 0 N–H and O–H groups in total. The highest BCUT2D eigenvalue weighted by molar-refractivity contribution is 6.08. The summed E-state index contributed by atoms with van der Waals surface area (Å²) in [5, 5.41) is 2.59. The van der Waals surface area contributed by atoms with Gasteiger partial charge in [0, 0.05) is 12.4 Å². The van der Waals surface area contributed by atoms with Gasteiger partial charge in [-0.2, -0.15) is 0 Å². The molecule has 0 atom stereocenters. The number of hydrogen-bond donors (Lipinski definition) is 0. The Morgan fingerprint density at radius 2 is 1.53 bits per heavy atom. The normalized spacial score (nSPS) is 9.68. The minimum Gasteiger partial charge on any atom is -0.265 e. The van der Waals surface area contributed by atoms with Crippen molar-refractivity contribution < 1.29 is 0 Å². The van der Waals surface area contributed by atoms with Gasteiger partial charge in [-0.25, -0.2) is 0 Å². The van der Waals surface area contributed by atoms with Crippen molar-refractivity contribution in [3.63, 3.8) is 0 Å². The monoisotopic (exact) mass is 245 g/mol. The standard InChI is InChI=1S/C12H11B.C5H5N/c13-8-7-10-5-6-11-3-1-2-4-12(11)9-10;1-2-4-6-5-3-1/h1-6,9H,7-8H2;1-5H. The average molecular weight is 245 g/mol. The zero-order valence-corrected chi connectivity index (χ0v) is 10.9. The molecule has 2 radical (unpaired) electrons. The van der Waals surface area contributed by atoms with E-state index in [4.69, 9.17) is 7.85 Å². The molecular weight excluding hydrogens is 229 g/mol. The molecule has 0 fully saturated rings. The average Bonchev–Trinajstić information content (AvgIpc) is 2.50. The van der Waals surface area contributed by atoms with Crippen LogP contribution in [-0.4, -0.2) is 12.8 Å². The zero-order valence-electron chi connectivity index (χ0n) is 10.9. The van der Waals surface area contributed by atoms with Crippen LogP contribution in [0.4, 0.5) is 0 Å². The van der Waals surface area contributed by atoms with E-state index < -0.39 is 0 Å². The van der Waals surface area contributed by atoms with E-state index in [1.807, 2.05) is 18.2 Å². The van der Waals surface area contributed by atoms with Gasteiger partial charge in [0.15, 0.2) is 0 Å². The van der Waals surface area contributed by atoms with Gasteiger partial charge >= 0.3 is 0 Å². The molecule has 2 aromatic carbocycles. The Balaban J connectivity index is 0.000000186. The third-order valence-corrected chi connectivity index (χ3v) is 2.81. The number of fused-ring (bicyclic) bond motifs is 1. The lowest BCUT2D eigenvalue weighted by molar-refractivity contribution is 1.14. The van der Waals surface area contributed by atoms with Crippen LogP contribution in [0.15, 0.2) is 73.1 Å². The van der Waals surface area contributed by atoms with Crippen LogP contribution in [0.1, 0.15) is 5.56 Å². The highest BCUT2D eigenvalue weighted by atomic mass is 14.6. The summed E-state index contributed by atoms with van der Waals surface area (Å²) in [6.45, 7) is 0. The van der Waals surface area contributed by atoms with Crippen molar-refractivity contribution in [2.75, 3.05) is 0 Å². The van der Waals surface area contributed by atoms with Crippen LogP contribution in [0.2, 0.25) is 6.32 Å². The molecule has 0 spiro atoms. The van der Waals surface area contributed by atoms with Crippen LogP contribution >= 0.6 is 0 Å². The number of benzene rings is 2. The topological polar surface area (TPSA) is 12.9 Å². The number of nitrogens with zero attached hydrogens (tertiary/aromatic N) is 1. The maximum Gasteiger partial charge on any atom is 0.0657 e.